The Kier molecular flexibility index (Phi) is 3.04. The van der Waals surface area contributed by atoms with Gasteiger partial charge in [0.2, 0.25) is 10.0 Å². The fraction of sp³-hybridized carbons (Fsp3) is 0.500. The maximum Gasteiger partial charge on any atom is 0.211 e. The van der Waals surface area contributed by atoms with Crippen molar-refractivity contribution in [2.24, 2.45) is 0 Å². The molecular formula is C12H17NO2S. The Morgan fingerprint density at radius 1 is 1.31 bits per heavy atom. The molecule has 1 aromatic carbocycles. The van der Waals surface area contributed by atoms with Crippen molar-refractivity contribution < 1.29 is 8.42 Å². The van der Waals surface area contributed by atoms with E-state index in [0.717, 1.165) is 5.56 Å². The zero-order valence-electron chi connectivity index (χ0n) is 9.68. The van der Waals surface area contributed by atoms with Gasteiger partial charge in [-0.2, -0.15) is 0 Å². The summed E-state index contributed by atoms with van der Waals surface area (Å²) >= 11 is 0. The predicted molar refractivity (Wildman–Crippen MR) is 64.7 cm³/mol. The van der Waals surface area contributed by atoms with Crippen molar-refractivity contribution in [2.45, 2.75) is 25.3 Å². The van der Waals surface area contributed by atoms with Gasteiger partial charge in [0.25, 0.3) is 0 Å². The van der Waals surface area contributed by atoms with Gasteiger partial charge in [-0.15, -0.1) is 0 Å². The van der Waals surface area contributed by atoms with Crippen LogP contribution in [0.15, 0.2) is 24.3 Å². The second kappa shape index (κ2) is 4.18. The zero-order valence-corrected chi connectivity index (χ0v) is 10.5. The molecule has 1 aliphatic rings. The summed E-state index contributed by atoms with van der Waals surface area (Å²) in [6.45, 7) is 0.478. The van der Waals surface area contributed by atoms with E-state index in [-0.39, 0.29) is 0 Å². The van der Waals surface area contributed by atoms with Crippen molar-refractivity contribution in [1.82, 2.24) is 4.31 Å². The van der Waals surface area contributed by atoms with Crippen LogP contribution in [0.3, 0.4) is 0 Å². The SMILES string of the molecule is CN(Cc1ccccc1C1CC1)S(C)(=O)=O. The van der Waals surface area contributed by atoms with E-state index in [1.165, 1.54) is 29.0 Å². The molecule has 0 unspecified atom stereocenters. The van der Waals surface area contributed by atoms with Crippen molar-refractivity contribution >= 4 is 10.0 Å². The lowest BCUT2D eigenvalue weighted by Crippen LogP contribution is -2.25. The number of rotatable bonds is 4. The van der Waals surface area contributed by atoms with Crippen molar-refractivity contribution in [1.29, 1.82) is 0 Å². The summed E-state index contributed by atoms with van der Waals surface area (Å²) in [7, 11) is -1.47. The number of hydrogen-bond acceptors (Lipinski definition) is 2. The molecule has 3 nitrogen and oxygen atoms in total. The average Bonchev–Trinajstić information content (AvgIpc) is 3.00. The number of benzene rings is 1. The molecule has 0 amide bonds. The van der Waals surface area contributed by atoms with Crippen LogP contribution in [0.5, 0.6) is 0 Å². The van der Waals surface area contributed by atoms with Crippen LogP contribution in [0.2, 0.25) is 0 Å². The molecule has 0 aliphatic heterocycles. The Morgan fingerprint density at radius 3 is 2.50 bits per heavy atom. The first-order valence-corrected chi connectivity index (χ1v) is 7.32. The van der Waals surface area contributed by atoms with Crippen LogP contribution in [-0.4, -0.2) is 26.0 Å². The third-order valence-corrected chi connectivity index (χ3v) is 4.29. The van der Waals surface area contributed by atoms with Crippen LogP contribution in [0.1, 0.15) is 29.9 Å². The van der Waals surface area contributed by atoms with E-state index < -0.39 is 10.0 Å². The van der Waals surface area contributed by atoms with Crippen LogP contribution in [0, 0.1) is 0 Å². The number of hydrogen-bond donors (Lipinski definition) is 0. The molecule has 1 aromatic rings. The third-order valence-electron chi connectivity index (χ3n) is 3.03. The van der Waals surface area contributed by atoms with Crippen LogP contribution in [-0.2, 0) is 16.6 Å². The molecular weight excluding hydrogens is 222 g/mol. The zero-order chi connectivity index (χ0) is 11.8. The highest BCUT2D eigenvalue weighted by Gasteiger charge is 2.26. The highest BCUT2D eigenvalue weighted by molar-refractivity contribution is 7.88. The molecule has 0 saturated heterocycles. The second-order valence-electron chi connectivity index (χ2n) is 4.49. The maximum atomic E-state index is 11.4. The Hall–Kier alpha value is -0.870. The lowest BCUT2D eigenvalue weighted by atomic mass is 10.0. The fourth-order valence-corrected chi connectivity index (χ4v) is 2.20. The molecule has 0 bridgehead atoms. The maximum absolute atomic E-state index is 11.4. The van der Waals surface area contributed by atoms with Gasteiger partial charge in [0.1, 0.15) is 0 Å². The second-order valence-corrected chi connectivity index (χ2v) is 6.58. The fourth-order valence-electron chi connectivity index (χ4n) is 1.83. The minimum atomic E-state index is -3.09. The van der Waals surface area contributed by atoms with E-state index in [1.807, 2.05) is 18.2 Å². The molecule has 16 heavy (non-hydrogen) atoms. The average molecular weight is 239 g/mol. The predicted octanol–water partition coefficient (Wildman–Crippen LogP) is 1.96. The summed E-state index contributed by atoms with van der Waals surface area (Å²) in [5.74, 6) is 0.657. The minimum absolute atomic E-state index is 0.478. The number of nitrogens with zero attached hydrogens (tertiary/aromatic N) is 1. The van der Waals surface area contributed by atoms with Gasteiger partial charge in [0, 0.05) is 13.6 Å². The van der Waals surface area contributed by atoms with Gasteiger partial charge in [0.15, 0.2) is 0 Å². The van der Waals surface area contributed by atoms with Crippen molar-refractivity contribution in [3.63, 3.8) is 0 Å². The van der Waals surface area contributed by atoms with Gasteiger partial charge >= 0.3 is 0 Å². The molecule has 0 heterocycles. The van der Waals surface area contributed by atoms with Crippen molar-refractivity contribution in [3.8, 4) is 0 Å². The highest BCUT2D eigenvalue weighted by atomic mass is 32.2. The molecule has 1 fully saturated rings. The van der Waals surface area contributed by atoms with E-state index in [4.69, 9.17) is 0 Å². The van der Waals surface area contributed by atoms with E-state index in [0.29, 0.717) is 12.5 Å². The largest absolute Gasteiger partial charge is 0.213 e. The van der Waals surface area contributed by atoms with Crippen LogP contribution in [0.4, 0.5) is 0 Å². The van der Waals surface area contributed by atoms with E-state index in [9.17, 15) is 8.42 Å². The van der Waals surface area contributed by atoms with E-state index >= 15 is 0 Å². The molecule has 0 aromatic heterocycles. The summed E-state index contributed by atoms with van der Waals surface area (Å²) in [4.78, 5) is 0. The van der Waals surface area contributed by atoms with Gasteiger partial charge < -0.3 is 0 Å². The molecule has 88 valence electrons. The van der Waals surface area contributed by atoms with Gasteiger partial charge in [-0.1, -0.05) is 24.3 Å². The number of sulfonamides is 1. The lowest BCUT2D eigenvalue weighted by Gasteiger charge is -2.16. The molecule has 0 atom stereocenters. The van der Waals surface area contributed by atoms with Gasteiger partial charge in [-0.25, -0.2) is 12.7 Å². The normalized spacial score (nSPS) is 16.7. The van der Waals surface area contributed by atoms with Gasteiger partial charge in [-0.3, -0.25) is 0 Å². The Balaban J connectivity index is 2.21. The third kappa shape index (κ3) is 2.62. The molecule has 1 aliphatic carbocycles. The van der Waals surface area contributed by atoms with E-state index in [2.05, 4.69) is 6.07 Å². The summed E-state index contributed by atoms with van der Waals surface area (Å²) in [6.07, 6.45) is 3.71. The Labute approximate surface area is 97.1 Å². The summed E-state index contributed by atoms with van der Waals surface area (Å²) in [5.41, 5.74) is 2.45. The van der Waals surface area contributed by atoms with Crippen molar-refractivity contribution in [3.05, 3.63) is 35.4 Å². The highest BCUT2D eigenvalue weighted by Crippen LogP contribution is 2.41. The molecule has 2 rings (SSSR count). The summed E-state index contributed by atoms with van der Waals surface area (Å²) in [5, 5.41) is 0. The van der Waals surface area contributed by atoms with Gasteiger partial charge in [0.05, 0.1) is 6.26 Å². The van der Waals surface area contributed by atoms with E-state index in [1.54, 1.807) is 7.05 Å². The first-order chi connectivity index (χ1) is 7.48. The molecule has 0 N–H and O–H groups in total. The van der Waals surface area contributed by atoms with Crippen LogP contribution in [0.25, 0.3) is 0 Å². The summed E-state index contributed by atoms with van der Waals surface area (Å²) in [6, 6.07) is 8.13. The Bertz CT molecular complexity index is 478. The quantitative estimate of drug-likeness (QED) is 0.805. The molecule has 0 spiro atoms. The molecule has 1 saturated carbocycles. The minimum Gasteiger partial charge on any atom is -0.213 e. The first kappa shape index (κ1) is 11.6. The molecule has 0 radical (unpaired) electrons. The molecule has 4 heteroatoms. The standard InChI is InChI=1S/C12H17NO2S/c1-13(16(2,14)15)9-11-5-3-4-6-12(11)10-7-8-10/h3-6,10H,7-9H2,1-2H3. The monoisotopic (exact) mass is 239 g/mol. The Morgan fingerprint density at radius 2 is 1.94 bits per heavy atom. The van der Waals surface area contributed by atoms with Crippen LogP contribution < -0.4 is 0 Å². The first-order valence-electron chi connectivity index (χ1n) is 5.47. The van der Waals surface area contributed by atoms with Crippen molar-refractivity contribution in [2.75, 3.05) is 13.3 Å². The smallest absolute Gasteiger partial charge is 0.211 e. The van der Waals surface area contributed by atoms with Gasteiger partial charge in [-0.05, 0) is 29.9 Å². The topological polar surface area (TPSA) is 37.4 Å². The summed E-state index contributed by atoms with van der Waals surface area (Å²) < 4.78 is 24.1. The van der Waals surface area contributed by atoms with Crippen LogP contribution >= 0.6 is 0 Å². The lowest BCUT2D eigenvalue weighted by molar-refractivity contribution is 0.471.